The first-order valence-electron chi connectivity index (χ1n) is 6.30. The molecule has 0 aliphatic carbocycles. The van der Waals surface area contributed by atoms with Crippen molar-refractivity contribution in [2.75, 3.05) is 11.4 Å². The third-order valence-corrected chi connectivity index (χ3v) is 2.85. The minimum absolute atomic E-state index is 0.217. The van der Waals surface area contributed by atoms with Crippen LogP contribution in [0.1, 0.15) is 16.1 Å². The van der Waals surface area contributed by atoms with Gasteiger partial charge >= 0.3 is 0 Å². The van der Waals surface area contributed by atoms with Crippen LogP contribution in [0.5, 0.6) is 0 Å². The summed E-state index contributed by atoms with van der Waals surface area (Å²) in [5, 5.41) is 0. The summed E-state index contributed by atoms with van der Waals surface area (Å²) in [6, 6.07) is 12.3. The van der Waals surface area contributed by atoms with E-state index in [1.807, 2.05) is 30.3 Å². The molecule has 0 saturated carbocycles. The maximum absolute atomic E-state index is 12.6. The molecule has 0 spiro atoms. The first-order chi connectivity index (χ1) is 9.61. The van der Waals surface area contributed by atoms with Gasteiger partial charge in [-0.1, -0.05) is 24.3 Å². The Morgan fingerprint density at radius 3 is 2.60 bits per heavy atom. The van der Waals surface area contributed by atoms with Crippen LogP contribution in [-0.4, -0.2) is 17.4 Å². The third-order valence-electron chi connectivity index (χ3n) is 2.85. The van der Waals surface area contributed by atoms with Gasteiger partial charge in [0.2, 0.25) is 5.56 Å². The average molecular weight is 268 g/mol. The first kappa shape index (κ1) is 13.8. The number of benzene rings is 1. The van der Waals surface area contributed by atoms with Gasteiger partial charge in [0, 0.05) is 29.6 Å². The molecule has 2 aromatic rings. The lowest BCUT2D eigenvalue weighted by molar-refractivity contribution is 0.0989. The monoisotopic (exact) mass is 268 g/mol. The van der Waals surface area contributed by atoms with Crippen molar-refractivity contribution in [3.05, 3.63) is 76.7 Å². The number of aryl methyl sites for hydroxylation is 1. The number of carbonyl (C=O) groups excluding carboxylic acids is 1. The number of amides is 1. The Hall–Kier alpha value is -2.62. The lowest BCUT2D eigenvalue weighted by atomic mass is 10.2. The van der Waals surface area contributed by atoms with E-state index in [-0.39, 0.29) is 11.5 Å². The molecule has 4 heteroatoms. The highest BCUT2D eigenvalue weighted by molar-refractivity contribution is 6.06. The lowest BCUT2D eigenvalue weighted by Gasteiger charge is -2.21. The second kappa shape index (κ2) is 6.02. The summed E-state index contributed by atoms with van der Waals surface area (Å²) in [4.78, 5) is 28.3. The van der Waals surface area contributed by atoms with Gasteiger partial charge in [-0.25, -0.2) is 0 Å². The smallest absolute Gasteiger partial charge is 0.258 e. The van der Waals surface area contributed by atoms with Crippen LogP contribution < -0.4 is 10.5 Å². The number of carbonyl (C=O) groups is 1. The van der Waals surface area contributed by atoms with E-state index in [4.69, 9.17) is 0 Å². The molecule has 0 bridgehead atoms. The van der Waals surface area contributed by atoms with E-state index in [0.717, 1.165) is 5.69 Å². The number of aromatic amines is 1. The molecule has 0 radical (unpaired) electrons. The molecule has 1 amide bonds. The fourth-order valence-electron chi connectivity index (χ4n) is 2.00. The van der Waals surface area contributed by atoms with E-state index in [1.165, 1.54) is 6.07 Å². The van der Waals surface area contributed by atoms with Crippen LogP contribution in [0.2, 0.25) is 0 Å². The predicted molar refractivity (Wildman–Crippen MR) is 80.1 cm³/mol. The van der Waals surface area contributed by atoms with Gasteiger partial charge in [0.1, 0.15) is 0 Å². The number of pyridine rings is 1. The second-order valence-electron chi connectivity index (χ2n) is 4.46. The Bertz CT molecular complexity index is 674. The Morgan fingerprint density at radius 1 is 1.30 bits per heavy atom. The minimum atomic E-state index is -0.278. The van der Waals surface area contributed by atoms with Gasteiger partial charge in [-0.15, -0.1) is 6.58 Å². The molecule has 0 aliphatic heterocycles. The third kappa shape index (κ3) is 3.03. The number of anilines is 1. The zero-order valence-corrected chi connectivity index (χ0v) is 11.3. The fraction of sp³-hybridized carbons (Fsp3) is 0.125. The maximum Gasteiger partial charge on any atom is 0.258 e. The molecule has 1 heterocycles. The lowest BCUT2D eigenvalue weighted by Crippen LogP contribution is -2.32. The van der Waals surface area contributed by atoms with Gasteiger partial charge < -0.3 is 9.88 Å². The molecule has 2 rings (SSSR count). The summed E-state index contributed by atoms with van der Waals surface area (Å²) in [7, 11) is 0. The van der Waals surface area contributed by atoms with Gasteiger partial charge in [0.25, 0.3) is 5.91 Å². The van der Waals surface area contributed by atoms with Crippen LogP contribution in [0, 0.1) is 6.92 Å². The van der Waals surface area contributed by atoms with E-state index < -0.39 is 0 Å². The van der Waals surface area contributed by atoms with Crippen LogP contribution in [0.15, 0.2) is 59.9 Å². The summed E-state index contributed by atoms with van der Waals surface area (Å²) in [6.07, 6.45) is 1.66. The molecule has 4 nitrogen and oxygen atoms in total. The molecule has 0 fully saturated rings. The van der Waals surface area contributed by atoms with E-state index in [1.54, 1.807) is 24.0 Å². The molecule has 1 aromatic heterocycles. The largest absolute Gasteiger partial charge is 0.326 e. The molecule has 0 aliphatic rings. The topological polar surface area (TPSA) is 53.2 Å². The fourth-order valence-corrected chi connectivity index (χ4v) is 2.00. The molecular weight excluding hydrogens is 252 g/mol. The Kier molecular flexibility index (Phi) is 4.15. The van der Waals surface area contributed by atoms with Crippen molar-refractivity contribution in [3.8, 4) is 0 Å². The minimum Gasteiger partial charge on any atom is -0.326 e. The summed E-state index contributed by atoms with van der Waals surface area (Å²) in [6.45, 7) is 5.81. The Morgan fingerprint density at radius 2 is 2.00 bits per heavy atom. The van der Waals surface area contributed by atoms with E-state index in [2.05, 4.69) is 11.6 Å². The molecule has 0 unspecified atom stereocenters. The Labute approximate surface area is 117 Å². The van der Waals surface area contributed by atoms with Crippen molar-refractivity contribution in [3.63, 3.8) is 0 Å². The van der Waals surface area contributed by atoms with Crippen molar-refractivity contribution < 1.29 is 4.79 Å². The van der Waals surface area contributed by atoms with Gasteiger partial charge in [-0.05, 0) is 25.1 Å². The average Bonchev–Trinajstić information content (AvgIpc) is 2.44. The number of nitrogens with one attached hydrogen (secondary N) is 1. The van der Waals surface area contributed by atoms with Gasteiger partial charge in [-0.2, -0.15) is 0 Å². The molecule has 1 N–H and O–H groups in total. The summed E-state index contributed by atoms with van der Waals surface area (Å²) < 4.78 is 0. The second-order valence-corrected chi connectivity index (χ2v) is 4.46. The van der Waals surface area contributed by atoms with Crippen molar-refractivity contribution >= 4 is 11.6 Å². The zero-order valence-electron chi connectivity index (χ0n) is 11.3. The number of hydrogen-bond donors (Lipinski definition) is 1. The summed E-state index contributed by atoms with van der Waals surface area (Å²) >= 11 is 0. The normalized spacial score (nSPS) is 10.1. The number of para-hydroxylation sites is 1. The van der Waals surface area contributed by atoms with Crippen LogP contribution in [0.25, 0.3) is 0 Å². The van der Waals surface area contributed by atoms with Crippen LogP contribution >= 0.6 is 0 Å². The number of nitrogens with zero attached hydrogens (tertiary/aromatic N) is 1. The molecule has 1 aromatic carbocycles. The van der Waals surface area contributed by atoms with E-state index >= 15 is 0 Å². The van der Waals surface area contributed by atoms with Crippen LogP contribution in [0.4, 0.5) is 5.69 Å². The first-order valence-corrected chi connectivity index (χ1v) is 6.30. The maximum atomic E-state index is 12.6. The molecule has 102 valence electrons. The van der Waals surface area contributed by atoms with Crippen molar-refractivity contribution in [1.82, 2.24) is 4.98 Å². The quantitative estimate of drug-likeness (QED) is 0.866. The van der Waals surface area contributed by atoms with Gasteiger partial charge in [0.05, 0.1) is 0 Å². The number of H-pyrrole nitrogens is 1. The molecule has 0 saturated heterocycles. The standard InChI is InChI=1S/C16H16N2O2/c1-3-9-18(14-7-5-4-6-8-14)16(20)13-10-12(2)17-15(19)11-13/h3-8,10-11H,1,9H2,2H3,(H,17,19). The van der Waals surface area contributed by atoms with E-state index in [9.17, 15) is 9.59 Å². The van der Waals surface area contributed by atoms with E-state index in [0.29, 0.717) is 17.8 Å². The summed E-state index contributed by atoms with van der Waals surface area (Å²) in [5.74, 6) is -0.217. The van der Waals surface area contributed by atoms with Crippen LogP contribution in [0.3, 0.4) is 0 Å². The number of hydrogen-bond acceptors (Lipinski definition) is 2. The van der Waals surface area contributed by atoms with Gasteiger partial charge in [0.15, 0.2) is 0 Å². The highest BCUT2D eigenvalue weighted by Gasteiger charge is 2.17. The number of rotatable bonds is 4. The van der Waals surface area contributed by atoms with Crippen molar-refractivity contribution in [1.29, 1.82) is 0 Å². The zero-order chi connectivity index (χ0) is 14.5. The molecule has 0 atom stereocenters. The highest BCUT2D eigenvalue weighted by Crippen LogP contribution is 2.16. The number of aromatic nitrogens is 1. The Balaban J connectivity index is 2.41. The van der Waals surface area contributed by atoms with Gasteiger partial charge in [-0.3, -0.25) is 9.59 Å². The van der Waals surface area contributed by atoms with Crippen LogP contribution in [-0.2, 0) is 0 Å². The highest BCUT2D eigenvalue weighted by atomic mass is 16.2. The summed E-state index contributed by atoms with van der Waals surface area (Å²) in [5.41, 5.74) is 1.53. The molecular formula is C16H16N2O2. The van der Waals surface area contributed by atoms with Crippen molar-refractivity contribution in [2.24, 2.45) is 0 Å². The van der Waals surface area contributed by atoms with Crippen molar-refractivity contribution in [2.45, 2.75) is 6.92 Å². The predicted octanol–water partition coefficient (Wildman–Crippen LogP) is 2.52. The molecule has 20 heavy (non-hydrogen) atoms. The SMILES string of the molecule is C=CCN(C(=O)c1cc(C)[nH]c(=O)c1)c1ccccc1.